The van der Waals surface area contributed by atoms with Gasteiger partial charge in [0.05, 0.1) is 24.6 Å². The molecule has 1 aliphatic rings. The van der Waals surface area contributed by atoms with Crippen LogP contribution in [0.5, 0.6) is 0 Å². The topological polar surface area (TPSA) is 67.7 Å². The van der Waals surface area contributed by atoms with E-state index in [1.54, 1.807) is 28.8 Å². The maximum Gasteiger partial charge on any atom is 0.251 e. The first kappa shape index (κ1) is 22.1. The first-order chi connectivity index (χ1) is 12.7. The molecule has 1 saturated heterocycles. The Labute approximate surface area is 174 Å². The molecule has 1 aliphatic heterocycles. The summed E-state index contributed by atoms with van der Waals surface area (Å²) in [6.07, 6.45) is 3.09. The second kappa shape index (κ2) is 9.84. The van der Waals surface area contributed by atoms with Crippen molar-refractivity contribution in [3.05, 3.63) is 60.2 Å². The Kier molecular flexibility index (Phi) is 7.77. The lowest BCUT2D eigenvalue weighted by Gasteiger charge is -2.23. The summed E-state index contributed by atoms with van der Waals surface area (Å²) >= 11 is 0. The van der Waals surface area contributed by atoms with E-state index in [1.165, 1.54) is 12.3 Å². The fourth-order valence-corrected chi connectivity index (χ4v) is 3.02. The largest absolute Gasteiger partial charge is 0.374 e. The number of nitrogens with one attached hydrogen (secondary N) is 2. The van der Waals surface area contributed by atoms with Crippen molar-refractivity contribution in [2.75, 3.05) is 26.2 Å². The molecule has 9 heteroatoms. The first-order valence-corrected chi connectivity index (χ1v) is 8.54. The zero-order chi connectivity index (χ0) is 17.9. The fourth-order valence-electron chi connectivity index (χ4n) is 3.02. The number of carbonyl (C=O) groups excluding carboxylic acids is 1. The average Bonchev–Trinajstić information content (AvgIpc) is 3.10. The second-order valence-corrected chi connectivity index (χ2v) is 6.20. The van der Waals surface area contributed by atoms with Gasteiger partial charge in [-0.2, -0.15) is 0 Å². The number of ether oxygens (including phenoxy) is 1. The molecule has 28 heavy (non-hydrogen) atoms. The number of aromatic nitrogens is 2. The summed E-state index contributed by atoms with van der Waals surface area (Å²) in [7, 11) is 0. The predicted octanol–water partition coefficient (Wildman–Crippen LogP) is 2.70. The lowest BCUT2D eigenvalue weighted by Crippen LogP contribution is -2.45. The van der Waals surface area contributed by atoms with Gasteiger partial charge in [0.25, 0.3) is 5.91 Å². The Hall–Kier alpha value is -2.19. The zero-order valence-corrected chi connectivity index (χ0v) is 16.6. The molecule has 0 spiro atoms. The molecular formula is C19H21Cl2FN4O2. The van der Waals surface area contributed by atoms with Crippen LogP contribution < -0.4 is 10.6 Å². The molecule has 3 heterocycles. The molecule has 1 fully saturated rings. The lowest BCUT2D eigenvalue weighted by molar-refractivity contribution is 0.0287. The molecule has 4 rings (SSSR count). The monoisotopic (exact) mass is 426 g/mol. The van der Waals surface area contributed by atoms with Crippen molar-refractivity contribution < 1.29 is 13.9 Å². The number of halogens is 3. The van der Waals surface area contributed by atoms with Crippen LogP contribution in [-0.2, 0) is 4.74 Å². The lowest BCUT2D eigenvalue weighted by atomic mass is 10.1. The summed E-state index contributed by atoms with van der Waals surface area (Å²) in [6.45, 7) is 2.72. The minimum atomic E-state index is -0.327. The summed E-state index contributed by atoms with van der Waals surface area (Å²) in [5.74, 6) is -0.470. The highest BCUT2D eigenvalue weighted by Gasteiger charge is 2.15. The van der Waals surface area contributed by atoms with Gasteiger partial charge in [0.2, 0.25) is 0 Å². The highest BCUT2D eigenvalue weighted by molar-refractivity contribution is 5.94. The summed E-state index contributed by atoms with van der Waals surface area (Å²) < 4.78 is 20.8. The third kappa shape index (κ3) is 4.80. The van der Waals surface area contributed by atoms with Gasteiger partial charge in [-0.15, -0.1) is 24.8 Å². The van der Waals surface area contributed by atoms with Crippen LogP contribution in [0.15, 0.2) is 48.8 Å². The number of benzene rings is 1. The normalized spacial score (nSPS) is 16.1. The Bertz CT molecular complexity index is 927. The van der Waals surface area contributed by atoms with Crippen LogP contribution in [0.1, 0.15) is 10.4 Å². The molecule has 1 unspecified atom stereocenters. The molecule has 1 amide bonds. The van der Waals surface area contributed by atoms with Crippen molar-refractivity contribution in [3.63, 3.8) is 0 Å². The smallest absolute Gasteiger partial charge is 0.251 e. The van der Waals surface area contributed by atoms with Gasteiger partial charge in [0, 0.05) is 37.0 Å². The number of hydrogen-bond donors (Lipinski definition) is 2. The van der Waals surface area contributed by atoms with Crippen molar-refractivity contribution in [2.24, 2.45) is 0 Å². The number of nitrogens with zero attached hydrogens (tertiary/aromatic N) is 2. The van der Waals surface area contributed by atoms with Crippen LogP contribution in [0.2, 0.25) is 0 Å². The quantitative estimate of drug-likeness (QED) is 0.672. The molecule has 0 radical (unpaired) electrons. The van der Waals surface area contributed by atoms with Crippen LogP contribution in [0.4, 0.5) is 4.39 Å². The van der Waals surface area contributed by atoms with E-state index in [0.29, 0.717) is 24.4 Å². The molecule has 6 nitrogen and oxygen atoms in total. The summed E-state index contributed by atoms with van der Waals surface area (Å²) in [4.78, 5) is 16.6. The van der Waals surface area contributed by atoms with Crippen molar-refractivity contribution in [3.8, 4) is 11.3 Å². The van der Waals surface area contributed by atoms with Gasteiger partial charge in [-0.05, 0) is 24.3 Å². The third-order valence-corrected chi connectivity index (χ3v) is 4.41. The van der Waals surface area contributed by atoms with Crippen LogP contribution in [-0.4, -0.2) is 47.6 Å². The molecular weight excluding hydrogens is 406 g/mol. The Balaban J connectivity index is 0.00000140. The van der Waals surface area contributed by atoms with Crippen LogP contribution >= 0.6 is 24.8 Å². The van der Waals surface area contributed by atoms with Crippen molar-refractivity contribution in [2.45, 2.75) is 6.10 Å². The summed E-state index contributed by atoms with van der Waals surface area (Å²) in [5, 5.41) is 6.12. The van der Waals surface area contributed by atoms with Crippen LogP contribution in [0.25, 0.3) is 16.9 Å². The molecule has 2 N–H and O–H groups in total. The van der Waals surface area contributed by atoms with Gasteiger partial charge in [-0.25, -0.2) is 9.37 Å². The highest BCUT2D eigenvalue weighted by Crippen LogP contribution is 2.21. The van der Waals surface area contributed by atoms with Crippen molar-refractivity contribution >= 4 is 36.4 Å². The van der Waals surface area contributed by atoms with Gasteiger partial charge in [-0.3, -0.25) is 9.20 Å². The van der Waals surface area contributed by atoms with E-state index in [2.05, 4.69) is 15.6 Å². The number of rotatable bonds is 4. The van der Waals surface area contributed by atoms with Gasteiger partial charge in [-0.1, -0.05) is 12.1 Å². The third-order valence-electron chi connectivity index (χ3n) is 4.41. The van der Waals surface area contributed by atoms with Crippen LogP contribution in [0, 0.1) is 5.82 Å². The van der Waals surface area contributed by atoms with E-state index in [0.717, 1.165) is 24.3 Å². The SMILES string of the molecule is Cl.Cl.O=C(NCC1CNCCO1)c1ccc(-c2cnc3ccc(F)cn23)cc1. The van der Waals surface area contributed by atoms with Crippen molar-refractivity contribution in [1.82, 2.24) is 20.0 Å². The molecule has 0 aliphatic carbocycles. The van der Waals surface area contributed by atoms with Gasteiger partial charge >= 0.3 is 0 Å². The standard InChI is InChI=1S/C19H19FN4O2.2ClH/c20-15-5-6-18-22-11-17(24(18)12-15)13-1-3-14(4-2-13)19(25)23-10-16-9-21-7-8-26-16;;/h1-6,11-12,16,21H,7-10H2,(H,23,25);2*1H. The number of morpholine rings is 1. The van der Waals surface area contributed by atoms with E-state index in [1.807, 2.05) is 12.1 Å². The number of hydrogen-bond acceptors (Lipinski definition) is 4. The molecule has 1 aromatic carbocycles. The van der Waals surface area contributed by atoms with E-state index in [9.17, 15) is 9.18 Å². The fraction of sp³-hybridized carbons (Fsp3) is 0.263. The number of pyridine rings is 1. The summed E-state index contributed by atoms with van der Waals surface area (Å²) in [6, 6.07) is 10.2. The maximum absolute atomic E-state index is 13.5. The predicted molar refractivity (Wildman–Crippen MR) is 110 cm³/mol. The molecule has 2 aromatic heterocycles. The Morgan fingerprint density at radius 1 is 1.25 bits per heavy atom. The van der Waals surface area contributed by atoms with E-state index in [4.69, 9.17) is 4.74 Å². The molecule has 1 atom stereocenters. The maximum atomic E-state index is 13.5. The number of imidazole rings is 1. The number of fused-ring (bicyclic) bond motifs is 1. The first-order valence-electron chi connectivity index (χ1n) is 8.54. The van der Waals surface area contributed by atoms with Crippen molar-refractivity contribution in [1.29, 1.82) is 0 Å². The van der Waals surface area contributed by atoms with E-state index < -0.39 is 0 Å². The molecule has 0 saturated carbocycles. The average molecular weight is 427 g/mol. The van der Waals surface area contributed by atoms with Crippen LogP contribution in [0.3, 0.4) is 0 Å². The molecule has 150 valence electrons. The Morgan fingerprint density at radius 2 is 2.04 bits per heavy atom. The zero-order valence-electron chi connectivity index (χ0n) is 14.9. The van der Waals surface area contributed by atoms with E-state index >= 15 is 0 Å². The minimum absolute atomic E-state index is 0. The number of amides is 1. The highest BCUT2D eigenvalue weighted by atomic mass is 35.5. The molecule has 0 bridgehead atoms. The van der Waals surface area contributed by atoms with E-state index in [-0.39, 0.29) is 42.6 Å². The van der Waals surface area contributed by atoms with Gasteiger partial charge in [0.15, 0.2) is 0 Å². The summed E-state index contributed by atoms with van der Waals surface area (Å²) in [5.41, 5.74) is 2.87. The minimum Gasteiger partial charge on any atom is -0.374 e. The molecule has 3 aromatic rings. The number of carbonyl (C=O) groups is 1. The second-order valence-electron chi connectivity index (χ2n) is 6.20. The Morgan fingerprint density at radius 3 is 2.75 bits per heavy atom. The van der Waals surface area contributed by atoms with Gasteiger partial charge < -0.3 is 15.4 Å². The van der Waals surface area contributed by atoms with Gasteiger partial charge in [0.1, 0.15) is 11.5 Å².